The number of piperidine rings is 1. The Labute approximate surface area is 128 Å². The molecular weight excluding hydrogens is 286 g/mol. The Hall–Kier alpha value is -2.15. The molecule has 2 aromatic rings. The fourth-order valence-electron chi connectivity index (χ4n) is 2.66. The molecule has 0 aromatic carbocycles. The van der Waals surface area contributed by atoms with Gasteiger partial charge >= 0.3 is 5.97 Å². The number of carbonyl (C=O) groups is 1. The van der Waals surface area contributed by atoms with Crippen molar-refractivity contribution >= 4 is 5.97 Å². The number of ether oxygens (including phenoxy) is 1. The quantitative estimate of drug-likeness (QED) is 0.782. The number of esters is 1. The monoisotopic (exact) mass is 305 g/mol. The molecule has 7 nitrogen and oxygen atoms in total. The molecule has 0 radical (unpaired) electrons. The maximum atomic E-state index is 11.8. The van der Waals surface area contributed by atoms with E-state index in [2.05, 4.69) is 15.1 Å². The normalized spacial score (nSPS) is 19.2. The van der Waals surface area contributed by atoms with Gasteiger partial charge in [-0.05, 0) is 38.4 Å². The standard InChI is InChI=1S/C15H19N3O4/c1-2-20-15(19)11-5-3-7-18(9-11)10-13-16-17-14(22-13)12-6-4-8-21-12/h4,6,8,11H,2-3,5,7,9-10H2,1H3/t11-/m1/s1. The summed E-state index contributed by atoms with van der Waals surface area (Å²) in [5, 5.41) is 8.02. The lowest BCUT2D eigenvalue weighted by Crippen LogP contribution is -2.39. The average Bonchev–Trinajstić information content (AvgIpc) is 3.18. The first-order valence-corrected chi connectivity index (χ1v) is 7.51. The average molecular weight is 305 g/mol. The minimum Gasteiger partial charge on any atom is -0.466 e. The van der Waals surface area contributed by atoms with Crippen LogP contribution >= 0.6 is 0 Å². The van der Waals surface area contributed by atoms with Crippen LogP contribution in [0.25, 0.3) is 11.7 Å². The van der Waals surface area contributed by atoms with Crippen LogP contribution in [0.4, 0.5) is 0 Å². The van der Waals surface area contributed by atoms with Gasteiger partial charge in [0, 0.05) is 6.54 Å². The summed E-state index contributed by atoms with van der Waals surface area (Å²) in [6, 6.07) is 3.54. The van der Waals surface area contributed by atoms with E-state index in [0.717, 1.165) is 19.4 Å². The number of likely N-dealkylation sites (tertiary alicyclic amines) is 1. The Kier molecular flexibility index (Phi) is 4.53. The molecule has 0 saturated carbocycles. The minimum absolute atomic E-state index is 0.0684. The summed E-state index contributed by atoms with van der Waals surface area (Å²) < 4.78 is 15.9. The van der Waals surface area contributed by atoms with Gasteiger partial charge in [-0.2, -0.15) is 0 Å². The molecule has 0 amide bonds. The van der Waals surface area contributed by atoms with E-state index in [4.69, 9.17) is 13.6 Å². The van der Waals surface area contributed by atoms with E-state index in [1.54, 1.807) is 18.4 Å². The van der Waals surface area contributed by atoms with E-state index in [9.17, 15) is 4.79 Å². The Morgan fingerprint density at radius 2 is 2.41 bits per heavy atom. The first-order chi connectivity index (χ1) is 10.8. The smallest absolute Gasteiger partial charge is 0.310 e. The molecule has 22 heavy (non-hydrogen) atoms. The highest BCUT2D eigenvalue weighted by molar-refractivity contribution is 5.72. The number of rotatable bonds is 5. The fourth-order valence-corrected chi connectivity index (χ4v) is 2.66. The van der Waals surface area contributed by atoms with Gasteiger partial charge in [0.2, 0.25) is 5.89 Å². The number of aromatic nitrogens is 2. The maximum absolute atomic E-state index is 11.8. The van der Waals surface area contributed by atoms with Crippen LogP contribution in [0, 0.1) is 5.92 Å². The molecule has 0 unspecified atom stereocenters. The molecule has 2 aromatic heterocycles. The van der Waals surface area contributed by atoms with Crippen molar-refractivity contribution in [2.45, 2.75) is 26.3 Å². The molecule has 1 fully saturated rings. The number of furan rings is 1. The molecule has 0 N–H and O–H groups in total. The van der Waals surface area contributed by atoms with Gasteiger partial charge < -0.3 is 13.6 Å². The Balaban J connectivity index is 1.60. The summed E-state index contributed by atoms with van der Waals surface area (Å²) in [5.74, 6) is 1.27. The Bertz CT molecular complexity index is 608. The summed E-state index contributed by atoms with van der Waals surface area (Å²) in [5.41, 5.74) is 0. The molecule has 3 heterocycles. The molecule has 3 rings (SSSR count). The van der Waals surface area contributed by atoms with E-state index in [-0.39, 0.29) is 11.9 Å². The highest BCUT2D eigenvalue weighted by Crippen LogP contribution is 2.22. The van der Waals surface area contributed by atoms with Crippen LogP contribution in [-0.2, 0) is 16.1 Å². The second-order valence-electron chi connectivity index (χ2n) is 5.30. The third kappa shape index (κ3) is 3.36. The highest BCUT2D eigenvalue weighted by Gasteiger charge is 2.27. The molecule has 1 atom stereocenters. The van der Waals surface area contributed by atoms with E-state index in [1.807, 2.05) is 6.92 Å². The second-order valence-corrected chi connectivity index (χ2v) is 5.30. The first-order valence-electron chi connectivity index (χ1n) is 7.51. The maximum Gasteiger partial charge on any atom is 0.310 e. The van der Waals surface area contributed by atoms with Gasteiger partial charge in [-0.1, -0.05) is 0 Å². The van der Waals surface area contributed by atoms with Crippen molar-refractivity contribution in [3.63, 3.8) is 0 Å². The lowest BCUT2D eigenvalue weighted by Gasteiger charge is -2.30. The van der Waals surface area contributed by atoms with Crippen molar-refractivity contribution in [2.24, 2.45) is 5.92 Å². The van der Waals surface area contributed by atoms with Crippen molar-refractivity contribution < 1.29 is 18.4 Å². The predicted octanol–water partition coefficient (Wildman–Crippen LogP) is 2.10. The van der Waals surface area contributed by atoms with Gasteiger partial charge in [0.25, 0.3) is 5.89 Å². The molecule has 1 aliphatic rings. The molecule has 1 aliphatic heterocycles. The third-order valence-corrected chi connectivity index (χ3v) is 3.68. The zero-order chi connectivity index (χ0) is 15.4. The summed E-state index contributed by atoms with van der Waals surface area (Å²) in [7, 11) is 0. The zero-order valence-electron chi connectivity index (χ0n) is 12.5. The molecule has 0 aliphatic carbocycles. The number of hydrogen-bond donors (Lipinski definition) is 0. The summed E-state index contributed by atoms with van der Waals surface area (Å²) in [4.78, 5) is 14.0. The van der Waals surface area contributed by atoms with E-state index < -0.39 is 0 Å². The van der Waals surface area contributed by atoms with Gasteiger partial charge in [-0.3, -0.25) is 9.69 Å². The molecule has 0 bridgehead atoms. The molecule has 118 valence electrons. The lowest BCUT2D eigenvalue weighted by molar-refractivity contribution is -0.150. The van der Waals surface area contributed by atoms with Crippen LogP contribution in [-0.4, -0.2) is 40.8 Å². The van der Waals surface area contributed by atoms with Crippen LogP contribution in [0.2, 0.25) is 0 Å². The Morgan fingerprint density at radius 3 is 3.18 bits per heavy atom. The van der Waals surface area contributed by atoms with Gasteiger partial charge in [0.05, 0.1) is 25.3 Å². The number of nitrogens with zero attached hydrogens (tertiary/aromatic N) is 3. The SMILES string of the molecule is CCOC(=O)[C@@H]1CCCN(Cc2nnc(-c3ccco3)o2)C1. The van der Waals surface area contributed by atoms with Crippen LogP contribution in [0.15, 0.2) is 27.2 Å². The second kappa shape index (κ2) is 6.74. The summed E-state index contributed by atoms with van der Waals surface area (Å²) in [6.45, 7) is 4.36. The van der Waals surface area contributed by atoms with E-state index in [1.165, 1.54) is 0 Å². The van der Waals surface area contributed by atoms with E-state index >= 15 is 0 Å². The topological polar surface area (TPSA) is 81.6 Å². The first kappa shape index (κ1) is 14.8. The molecule has 0 spiro atoms. The lowest BCUT2D eigenvalue weighted by atomic mass is 9.98. The van der Waals surface area contributed by atoms with Crippen molar-refractivity contribution in [3.8, 4) is 11.7 Å². The number of carbonyl (C=O) groups excluding carboxylic acids is 1. The van der Waals surface area contributed by atoms with Crippen molar-refractivity contribution in [1.82, 2.24) is 15.1 Å². The Morgan fingerprint density at radius 1 is 1.50 bits per heavy atom. The third-order valence-electron chi connectivity index (χ3n) is 3.68. The largest absolute Gasteiger partial charge is 0.466 e. The van der Waals surface area contributed by atoms with Crippen LogP contribution < -0.4 is 0 Å². The summed E-state index contributed by atoms with van der Waals surface area (Å²) in [6.07, 6.45) is 3.40. The van der Waals surface area contributed by atoms with Crippen molar-refractivity contribution in [3.05, 3.63) is 24.3 Å². The predicted molar refractivity (Wildman–Crippen MR) is 76.6 cm³/mol. The van der Waals surface area contributed by atoms with Crippen molar-refractivity contribution in [2.75, 3.05) is 19.7 Å². The van der Waals surface area contributed by atoms with Crippen LogP contribution in [0.3, 0.4) is 0 Å². The molecule has 7 heteroatoms. The fraction of sp³-hybridized carbons (Fsp3) is 0.533. The molecular formula is C15H19N3O4. The molecule has 1 saturated heterocycles. The van der Waals surface area contributed by atoms with E-state index in [0.29, 0.717) is 37.2 Å². The minimum atomic E-state index is -0.117. The van der Waals surface area contributed by atoms with Gasteiger partial charge in [-0.25, -0.2) is 0 Å². The number of hydrogen-bond acceptors (Lipinski definition) is 7. The van der Waals surface area contributed by atoms with Crippen molar-refractivity contribution in [1.29, 1.82) is 0 Å². The van der Waals surface area contributed by atoms with Gasteiger partial charge in [0.15, 0.2) is 5.76 Å². The summed E-state index contributed by atoms with van der Waals surface area (Å²) >= 11 is 0. The van der Waals surface area contributed by atoms with Gasteiger partial charge in [-0.15, -0.1) is 10.2 Å². The van der Waals surface area contributed by atoms with Gasteiger partial charge in [0.1, 0.15) is 0 Å². The van der Waals surface area contributed by atoms with Crippen LogP contribution in [0.5, 0.6) is 0 Å². The zero-order valence-corrected chi connectivity index (χ0v) is 12.5. The van der Waals surface area contributed by atoms with Crippen LogP contribution in [0.1, 0.15) is 25.7 Å². The highest BCUT2D eigenvalue weighted by atomic mass is 16.5.